The van der Waals surface area contributed by atoms with E-state index in [-0.39, 0.29) is 6.04 Å². The van der Waals surface area contributed by atoms with Gasteiger partial charge in [-0.2, -0.15) is 5.26 Å². The van der Waals surface area contributed by atoms with Gasteiger partial charge in [-0.05, 0) is 67.0 Å². The number of hydrogen-bond acceptors (Lipinski definition) is 4. The van der Waals surface area contributed by atoms with E-state index in [1.807, 2.05) is 18.2 Å². The Morgan fingerprint density at radius 3 is 2.34 bits per heavy atom. The second-order valence-corrected chi connectivity index (χ2v) is 11.2. The monoisotopic (exact) mass is 555 g/mol. The van der Waals surface area contributed by atoms with Crippen molar-refractivity contribution in [3.8, 4) is 6.07 Å². The molecule has 1 atom stereocenters. The molecule has 1 unspecified atom stereocenters. The summed E-state index contributed by atoms with van der Waals surface area (Å²) in [5.41, 5.74) is 3.37. The van der Waals surface area contributed by atoms with Crippen molar-refractivity contribution >= 4 is 17.7 Å². The van der Waals surface area contributed by atoms with E-state index in [9.17, 15) is 23.6 Å². The summed E-state index contributed by atoms with van der Waals surface area (Å²) in [5, 5.41) is 12.2. The Bertz CT molecular complexity index is 1520. The van der Waals surface area contributed by atoms with Gasteiger partial charge in [0.15, 0.2) is 11.6 Å². The minimum atomic E-state index is -1.04. The van der Waals surface area contributed by atoms with E-state index in [4.69, 9.17) is 0 Å². The Balaban J connectivity index is 1.13. The molecule has 3 aromatic rings. The van der Waals surface area contributed by atoms with Gasteiger partial charge in [0.1, 0.15) is 0 Å². The van der Waals surface area contributed by atoms with Crippen LogP contribution in [-0.4, -0.2) is 59.0 Å². The van der Waals surface area contributed by atoms with Crippen LogP contribution in [0.25, 0.3) is 0 Å². The molecule has 3 aliphatic rings. The Kier molecular flexibility index (Phi) is 7.18. The van der Waals surface area contributed by atoms with Crippen molar-refractivity contribution in [2.24, 2.45) is 0 Å². The van der Waals surface area contributed by atoms with Crippen molar-refractivity contribution < 1.29 is 18.4 Å². The number of rotatable bonds is 4. The zero-order valence-corrected chi connectivity index (χ0v) is 22.8. The molecule has 210 valence electrons. The molecule has 41 heavy (non-hydrogen) atoms. The molecule has 2 fully saturated rings. The molecular formula is C32H31F2N5O2. The first-order valence-corrected chi connectivity index (χ1v) is 14.0. The van der Waals surface area contributed by atoms with Gasteiger partial charge in [-0.15, -0.1) is 0 Å². The zero-order chi connectivity index (χ0) is 28.7. The van der Waals surface area contributed by atoms with E-state index in [1.54, 1.807) is 36.2 Å². The van der Waals surface area contributed by atoms with Crippen molar-refractivity contribution in [3.05, 3.63) is 101 Å². The number of para-hydroxylation sites is 1. The number of anilines is 1. The summed E-state index contributed by atoms with van der Waals surface area (Å²) in [6.07, 6.45) is 4.09. The molecule has 0 radical (unpaired) electrons. The average molecular weight is 556 g/mol. The van der Waals surface area contributed by atoms with E-state index in [2.05, 4.69) is 22.4 Å². The molecule has 1 saturated carbocycles. The first kappa shape index (κ1) is 26.9. The van der Waals surface area contributed by atoms with Gasteiger partial charge in [-0.25, -0.2) is 23.3 Å². The molecule has 4 amide bonds. The number of hydrogen-bond donors (Lipinski definition) is 1. The van der Waals surface area contributed by atoms with Crippen LogP contribution < -0.4 is 5.32 Å². The maximum absolute atomic E-state index is 14.3. The largest absolute Gasteiger partial charge is 0.330 e. The Labute approximate surface area is 238 Å². The highest BCUT2D eigenvalue weighted by Gasteiger charge is 2.44. The molecule has 2 aliphatic heterocycles. The van der Waals surface area contributed by atoms with E-state index in [0.29, 0.717) is 41.9 Å². The van der Waals surface area contributed by atoms with Crippen molar-refractivity contribution in [3.63, 3.8) is 0 Å². The van der Waals surface area contributed by atoms with Crippen LogP contribution in [0.1, 0.15) is 59.9 Å². The van der Waals surface area contributed by atoms with Crippen molar-refractivity contribution in [2.75, 3.05) is 25.5 Å². The number of likely N-dealkylation sites (N-methyl/N-ethyl adjacent to an activating group) is 1. The van der Waals surface area contributed by atoms with E-state index < -0.39 is 29.7 Å². The third kappa shape index (κ3) is 4.93. The second-order valence-electron chi connectivity index (χ2n) is 11.2. The summed E-state index contributed by atoms with van der Waals surface area (Å²) in [4.78, 5) is 32.1. The number of halogens is 2. The molecule has 3 aromatic carbocycles. The third-order valence-electron chi connectivity index (χ3n) is 8.91. The summed E-state index contributed by atoms with van der Waals surface area (Å²) < 4.78 is 28.0. The van der Waals surface area contributed by atoms with Gasteiger partial charge in [0.2, 0.25) is 0 Å². The lowest BCUT2D eigenvalue weighted by Gasteiger charge is -2.50. The van der Waals surface area contributed by atoms with Crippen LogP contribution >= 0.6 is 0 Å². The van der Waals surface area contributed by atoms with Gasteiger partial charge in [-0.1, -0.05) is 42.5 Å². The second kappa shape index (κ2) is 10.9. The maximum Gasteiger partial charge on any atom is 0.330 e. The molecule has 2 heterocycles. The number of likely N-dealkylation sites (tertiary alicyclic amines) is 1. The zero-order valence-electron chi connectivity index (χ0n) is 22.8. The summed E-state index contributed by atoms with van der Waals surface area (Å²) in [6, 6.07) is 19.0. The standard InChI is InChI=1S/C32H31F2N5O2/c1-37(24-18-38(19-24)23-13-10-20(11-14-23)25-7-3-2-6-22(25)17-35)32(41)39-30(21-12-15-27(33)28(34)16-21)26-8-4-5-9-29(26)36-31(39)40/h2-9,12,15-16,20,23-24,30H,10-11,13-14,18-19H2,1H3,(H,36,40). The van der Waals surface area contributed by atoms with Gasteiger partial charge in [0.25, 0.3) is 0 Å². The minimum Gasteiger partial charge on any atom is -0.322 e. The van der Waals surface area contributed by atoms with Crippen molar-refractivity contribution in [1.29, 1.82) is 5.26 Å². The summed E-state index contributed by atoms with van der Waals surface area (Å²) in [6.45, 7) is 1.41. The predicted molar refractivity (Wildman–Crippen MR) is 150 cm³/mol. The van der Waals surface area contributed by atoms with Crippen LogP contribution in [-0.2, 0) is 0 Å². The van der Waals surface area contributed by atoms with Crippen LogP contribution in [0.2, 0.25) is 0 Å². The highest BCUT2D eigenvalue weighted by atomic mass is 19.2. The quantitative estimate of drug-likeness (QED) is 0.414. The molecule has 1 aliphatic carbocycles. The molecular weight excluding hydrogens is 524 g/mol. The molecule has 1 saturated heterocycles. The minimum absolute atomic E-state index is 0.0740. The van der Waals surface area contributed by atoms with Crippen LogP contribution in [0.3, 0.4) is 0 Å². The number of carbonyl (C=O) groups excluding carboxylic acids is 2. The summed E-state index contributed by atoms with van der Waals surface area (Å²) in [5.74, 6) is -1.64. The number of carbonyl (C=O) groups is 2. The summed E-state index contributed by atoms with van der Waals surface area (Å²) >= 11 is 0. The molecule has 9 heteroatoms. The predicted octanol–water partition coefficient (Wildman–Crippen LogP) is 6.24. The van der Waals surface area contributed by atoms with Crippen LogP contribution in [0.15, 0.2) is 66.7 Å². The van der Waals surface area contributed by atoms with E-state index in [1.165, 1.54) is 6.07 Å². The Hall–Kier alpha value is -4.29. The number of urea groups is 2. The van der Waals surface area contributed by atoms with Crippen molar-refractivity contribution in [1.82, 2.24) is 14.7 Å². The van der Waals surface area contributed by atoms with Crippen LogP contribution in [0.4, 0.5) is 24.1 Å². The van der Waals surface area contributed by atoms with E-state index >= 15 is 0 Å². The topological polar surface area (TPSA) is 79.7 Å². The lowest BCUT2D eigenvalue weighted by atomic mass is 9.79. The number of fused-ring (bicyclic) bond motifs is 1. The third-order valence-corrected chi connectivity index (χ3v) is 8.91. The molecule has 6 rings (SSSR count). The lowest BCUT2D eigenvalue weighted by molar-refractivity contribution is 0.0113. The van der Waals surface area contributed by atoms with Gasteiger partial charge < -0.3 is 10.2 Å². The lowest BCUT2D eigenvalue weighted by Crippen LogP contribution is -2.65. The molecule has 0 spiro atoms. The van der Waals surface area contributed by atoms with E-state index in [0.717, 1.165) is 53.8 Å². The average Bonchev–Trinajstić information content (AvgIpc) is 2.97. The number of imide groups is 1. The molecule has 0 aromatic heterocycles. The normalized spacial score (nSPS) is 22.7. The molecule has 1 N–H and O–H groups in total. The first-order chi connectivity index (χ1) is 19.9. The van der Waals surface area contributed by atoms with Gasteiger partial charge in [-0.3, -0.25) is 4.90 Å². The van der Waals surface area contributed by atoms with Gasteiger partial charge in [0, 0.05) is 37.4 Å². The van der Waals surface area contributed by atoms with Crippen LogP contribution in [0.5, 0.6) is 0 Å². The fourth-order valence-corrected chi connectivity index (χ4v) is 6.55. The number of nitrogens with zero attached hydrogens (tertiary/aromatic N) is 4. The maximum atomic E-state index is 14.3. The smallest absolute Gasteiger partial charge is 0.322 e. The number of benzene rings is 3. The van der Waals surface area contributed by atoms with Crippen LogP contribution in [0, 0.1) is 23.0 Å². The highest BCUT2D eigenvalue weighted by Crippen LogP contribution is 2.40. The fraction of sp³-hybridized carbons (Fsp3) is 0.344. The SMILES string of the molecule is CN(C(=O)N1C(=O)Nc2ccccc2C1c1ccc(F)c(F)c1)C1CN(C2CCC(c3ccccc3C#N)CC2)C1. The van der Waals surface area contributed by atoms with Gasteiger partial charge >= 0.3 is 12.1 Å². The number of nitriles is 1. The Morgan fingerprint density at radius 2 is 1.63 bits per heavy atom. The highest BCUT2D eigenvalue weighted by molar-refractivity contribution is 6.04. The number of amides is 4. The number of nitrogens with one attached hydrogen (secondary N) is 1. The summed E-state index contributed by atoms with van der Waals surface area (Å²) in [7, 11) is 1.69. The van der Waals surface area contributed by atoms with Crippen molar-refractivity contribution in [2.45, 2.75) is 49.7 Å². The Morgan fingerprint density at radius 1 is 0.951 bits per heavy atom. The molecule has 7 nitrogen and oxygen atoms in total. The first-order valence-electron chi connectivity index (χ1n) is 14.0. The molecule has 0 bridgehead atoms. The van der Waals surface area contributed by atoms with Gasteiger partial charge in [0.05, 0.1) is 23.7 Å². The fourth-order valence-electron chi connectivity index (χ4n) is 6.55.